The molecule has 0 spiro atoms. The first-order valence-corrected chi connectivity index (χ1v) is 4.67. The molecule has 6 nitrogen and oxygen atoms in total. The molecule has 0 atom stereocenters. The normalized spacial score (nSPS) is 10.5. The summed E-state index contributed by atoms with van der Waals surface area (Å²) < 4.78 is 14.2. The SMILES string of the molecule is COC(=O)c1oc(C)c(/C=C\O)c1C(=O)OC. The van der Waals surface area contributed by atoms with E-state index in [0.29, 0.717) is 5.76 Å². The van der Waals surface area contributed by atoms with Gasteiger partial charge >= 0.3 is 11.9 Å². The number of aliphatic hydroxyl groups excluding tert-OH is 1. The molecule has 17 heavy (non-hydrogen) atoms. The van der Waals surface area contributed by atoms with Gasteiger partial charge in [-0.05, 0) is 13.0 Å². The van der Waals surface area contributed by atoms with Crippen molar-refractivity contribution in [2.45, 2.75) is 6.92 Å². The Kier molecular flexibility index (Phi) is 3.92. The quantitative estimate of drug-likeness (QED) is 0.639. The zero-order valence-electron chi connectivity index (χ0n) is 9.64. The van der Waals surface area contributed by atoms with Crippen molar-refractivity contribution in [3.8, 4) is 0 Å². The lowest BCUT2D eigenvalue weighted by atomic mass is 10.1. The Morgan fingerprint density at radius 2 is 1.82 bits per heavy atom. The molecule has 0 saturated heterocycles. The van der Waals surface area contributed by atoms with E-state index in [9.17, 15) is 9.59 Å². The highest BCUT2D eigenvalue weighted by atomic mass is 16.5. The van der Waals surface area contributed by atoms with Crippen molar-refractivity contribution in [3.05, 3.63) is 28.9 Å². The van der Waals surface area contributed by atoms with Crippen molar-refractivity contribution in [1.82, 2.24) is 0 Å². The molecular weight excluding hydrogens is 228 g/mol. The molecule has 1 aromatic rings. The number of furan rings is 1. The van der Waals surface area contributed by atoms with Crippen molar-refractivity contribution < 1.29 is 28.6 Å². The summed E-state index contributed by atoms with van der Waals surface area (Å²) in [6.07, 6.45) is 1.98. The predicted octanol–water partition coefficient (Wildman–Crippen LogP) is 1.69. The Balaban J connectivity index is 3.46. The smallest absolute Gasteiger partial charge is 0.374 e. The maximum Gasteiger partial charge on any atom is 0.374 e. The van der Waals surface area contributed by atoms with E-state index in [1.54, 1.807) is 6.92 Å². The van der Waals surface area contributed by atoms with E-state index >= 15 is 0 Å². The molecule has 0 aliphatic rings. The molecule has 0 unspecified atom stereocenters. The van der Waals surface area contributed by atoms with Gasteiger partial charge < -0.3 is 19.0 Å². The summed E-state index contributed by atoms with van der Waals surface area (Å²) in [5.41, 5.74) is 0.210. The number of carbonyl (C=O) groups is 2. The van der Waals surface area contributed by atoms with Gasteiger partial charge in [0.1, 0.15) is 11.3 Å². The average Bonchev–Trinajstić information content (AvgIpc) is 2.65. The van der Waals surface area contributed by atoms with Crippen LogP contribution in [0.2, 0.25) is 0 Å². The van der Waals surface area contributed by atoms with Crippen molar-refractivity contribution in [2.24, 2.45) is 0 Å². The molecule has 0 fully saturated rings. The van der Waals surface area contributed by atoms with Gasteiger partial charge in [-0.25, -0.2) is 9.59 Å². The fourth-order valence-electron chi connectivity index (χ4n) is 1.37. The minimum absolute atomic E-state index is 0.0675. The molecule has 0 saturated carbocycles. The van der Waals surface area contributed by atoms with Crippen LogP contribution in [0.4, 0.5) is 0 Å². The van der Waals surface area contributed by atoms with Crippen LogP contribution in [0.5, 0.6) is 0 Å². The first kappa shape index (κ1) is 12.8. The fraction of sp³-hybridized carbons (Fsp3) is 0.273. The summed E-state index contributed by atoms with van der Waals surface area (Å²) in [5.74, 6) is -1.47. The van der Waals surface area contributed by atoms with Gasteiger partial charge in [-0.15, -0.1) is 0 Å². The van der Waals surface area contributed by atoms with Gasteiger partial charge in [-0.1, -0.05) is 0 Å². The van der Waals surface area contributed by atoms with Gasteiger partial charge in [0.25, 0.3) is 0 Å². The minimum atomic E-state index is -0.786. The Morgan fingerprint density at radius 3 is 2.29 bits per heavy atom. The molecule has 0 aliphatic carbocycles. The molecular formula is C11H12O6. The van der Waals surface area contributed by atoms with Crippen LogP contribution in [0, 0.1) is 6.92 Å². The van der Waals surface area contributed by atoms with E-state index in [0.717, 1.165) is 6.26 Å². The van der Waals surface area contributed by atoms with Crippen LogP contribution in [-0.4, -0.2) is 31.3 Å². The van der Waals surface area contributed by atoms with Crippen LogP contribution in [0.15, 0.2) is 10.7 Å². The molecule has 0 aromatic carbocycles. The van der Waals surface area contributed by atoms with Crippen LogP contribution in [0.3, 0.4) is 0 Å². The van der Waals surface area contributed by atoms with Gasteiger partial charge in [0.05, 0.1) is 20.5 Å². The van der Waals surface area contributed by atoms with E-state index in [1.165, 1.54) is 20.3 Å². The topological polar surface area (TPSA) is 86.0 Å². The maximum absolute atomic E-state index is 11.6. The highest BCUT2D eigenvalue weighted by Gasteiger charge is 2.28. The van der Waals surface area contributed by atoms with Crippen molar-refractivity contribution in [1.29, 1.82) is 0 Å². The van der Waals surface area contributed by atoms with Gasteiger partial charge in [0.15, 0.2) is 0 Å². The molecule has 1 N–H and O–H groups in total. The van der Waals surface area contributed by atoms with E-state index in [4.69, 9.17) is 9.52 Å². The van der Waals surface area contributed by atoms with Crippen LogP contribution >= 0.6 is 0 Å². The summed E-state index contributed by atoms with van der Waals surface area (Å²) >= 11 is 0. The molecule has 6 heteroatoms. The number of rotatable bonds is 3. The first-order valence-electron chi connectivity index (χ1n) is 4.67. The van der Waals surface area contributed by atoms with Crippen LogP contribution in [0.1, 0.15) is 32.2 Å². The van der Waals surface area contributed by atoms with E-state index in [2.05, 4.69) is 9.47 Å². The van der Waals surface area contributed by atoms with Crippen molar-refractivity contribution in [3.63, 3.8) is 0 Å². The zero-order valence-corrected chi connectivity index (χ0v) is 9.64. The highest BCUT2D eigenvalue weighted by molar-refractivity contribution is 6.04. The number of aryl methyl sites for hydroxylation is 1. The summed E-state index contributed by atoms with van der Waals surface area (Å²) in [4.78, 5) is 23.0. The van der Waals surface area contributed by atoms with Crippen LogP contribution in [-0.2, 0) is 9.47 Å². The Morgan fingerprint density at radius 1 is 1.24 bits per heavy atom. The summed E-state index contributed by atoms with van der Waals surface area (Å²) in [7, 11) is 2.35. The van der Waals surface area contributed by atoms with Gasteiger partial charge in [-0.3, -0.25) is 0 Å². The lowest BCUT2D eigenvalue weighted by Crippen LogP contribution is -2.10. The highest BCUT2D eigenvalue weighted by Crippen LogP contribution is 2.25. The summed E-state index contributed by atoms with van der Waals surface area (Å²) in [6.45, 7) is 1.55. The lowest BCUT2D eigenvalue weighted by molar-refractivity contribution is 0.0527. The lowest BCUT2D eigenvalue weighted by Gasteiger charge is -2.00. The van der Waals surface area contributed by atoms with Gasteiger partial charge in [-0.2, -0.15) is 0 Å². The number of hydrogen-bond donors (Lipinski definition) is 1. The van der Waals surface area contributed by atoms with Crippen molar-refractivity contribution >= 4 is 18.0 Å². The van der Waals surface area contributed by atoms with E-state index in [-0.39, 0.29) is 16.9 Å². The number of hydrogen-bond acceptors (Lipinski definition) is 6. The standard InChI is InChI=1S/C11H12O6/c1-6-7(4-5-12)8(10(13)15-2)9(17-6)11(14)16-3/h4-5,12H,1-3H3/b5-4-. The number of aliphatic hydroxyl groups is 1. The first-order chi connectivity index (χ1) is 8.06. The molecule has 1 aromatic heterocycles. The van der Waals surface area contributed by atoms with Crippen LogP contribution < -0.4 is 0 Å². The third-order valence-corrected chi connectivity index (χ3v) is 2.13. The second-order valence-electron chi connectivity index (χ2n) is 3.07. The van der Waals surface area contributed by atoms with Crippen molar-refractivity contribution in [2.75, 3.05) is 14.2 Å². The molecule has 0 radical (unpaired) electrons. The third kappa shape index (κ3) is 2.30. The fourth-order valence-corrected chi connectivity index (χ4v) is 1.37. The second-order valence-corrected chi connectivity index (χ2v) is 3.07. The number of ether oxygens (including phenoxy) is 2. The maximum atomic E-state index is 11.6. The average molecular weight is 240 g/mol. The summed E-state index contributed by atoms with van der Waals surface area (Å²) in [6, 6.07) is 0. The van der Waals surface area contributed by atoms with E-state index in [1.807, 2.05) is 0 Å². The zero-order chi connectivity index (χ0) is 13.0. The molecule has 1 heterocycles. The minimum Gasteiger partial charge on any atom is -0.516 e. The monoisotopic (exact) mass is 240 g/mol. The number of esters is 2. The third-order valence-electron chi connectivity index (χ3n) is 2.13. The van der Waals surface area contributed by atoms with Gasteiger partial charge in [0, 0.05) is 5.56 Å². The molecule has 1 rings (SSSR count). The predicted molar refractivity (Wildman–Crippen MR) is 57.8 cm³/mol. The molecule has 92 valence electrons. The van der Waals surface area contributed by atoms with Crippen LogP contribution in [0.25, 0.3) is 6.08 Å². The largest absolute Gasteiger partial charge is 0.516 e. The summed E-state index contributed by atoms with van der Waals surface area (Å²) in [5, 5.41) is 8.74. The Hall–Kier alpha value is -2.24. The molecule has 0 aliphatic heterocycles. The Labute approximate surface area is 97.4 Å². The number of carbonyl (C=O) groups excluding carboxylic acids is 2. The van der Waals surface area contributed by atoms with E-state index < -0.39 is 11.9 Å². The molecule has 0 bridgehead atoms. The molecule has 0 amide bonds. The number of methoxy groups -OCH3 is 2. The van der Waals surface area contributed by atoms with Gasteiger partial charge in [0.2, 0.25) is 5.76 Å². The Bertz CT molecular complexity index is 469. The second kappa shape index (κ2) is 5.20.